The molecule has 3 rings (SSSR count). The summed E-state index contributed by atoms with van der Waals surface area (Å²) in [5, 5.41) is 8.88. The van der Waals surface area contributed by atoms with Gasteiger partial charge in [-0.2, -0.15) is 0 Å². The molecule has 0 aliphatic carbocycles. The molecule has 0 saturated carbocycles. The first-order valence-electron chi connectivity index (χ1n) is 4.39. The van der Waals surface area contributed by atoms with E-state index in [0.717, 1.165) is 19.6 Å². The molecule has 4 nitrogen and oxygen atoms in total. The smallest absolute Gasteiger partial charge is 0.322 e. The molecule has 68 valence electrons. The number of nitrogens with zero attached hydrogens (tertiary/aromatic N) is 2. The number of rotatable bonds is 1. The lowest BCUT2D eigenvalue weighted by atomic mass is 10.0. The van der Waals surface area contributed by atoms with E-state index in [4.69, 9.17) is 5.11 Å². The predicted octanol–water partition coefficient (Wildman–Crippen LogP) is -0.541. The number of carboxylic acid groups (broad SMARTS) is 1. The molecule has 3 heterocycles. The van der Waals surface area contributed by atoms with E-state index < -0.39 is 5.97 Å². The van der Waals surface area contributed by atoms with Crippen molar-refractivity contribution in [1.29, 1.82) is 0 Å². The van der Waals surface area contributed by atoms with Gasteiger partial charge in [0.2, 0.25) is 0 Å². The van der Waals surface area contributed by atoms with Gasteiger partial charge in [0.15, 0.2) is 0 Å². The van der Waals surface area contributed by atoms with E-state index in [1.165, 1.54) is 0 Å². The van der Waals surface area contributed by atoms with Crippen molar-refractivity contribution in [2.24, 2.45) is 0 Å². The van der Waals surface area contributed by atoms with Crippen LogP contribution in [0.25, 0.3) is 0 Å². The van der Waals surface area contributed by atoms with Gasteiger partial charge in [0, 0.05) is 32.2 Å². The molecule has 0 aromatic heterocycles. The first-order chi connectivity index (χ1) is 5.68. The van der Waals surface area contributed by atoms with Crippen LogP contribution in [-0.4, -0.2) is 59.1 Å². The molecule has 0 amide bonds. The first-order valence-corrected chi connectivity index (χ1v) is 4.39. The highest BCUT2D eigenvalue weighted by atomic mass is 16.4. The standard InChI is InChI=1S/C8H14N2O2/c1-6-4-10-3-2-9(6)5-7(10)8(11)12/h6-7H,2-5H2,1H3,(H,11,12)/t6-,7-/m1/s1. The Balaban J connectivity index is 2.10. The second kappa shape index (κ2) is 2.71. The van der Waals surface area contributed by atoms with Gasteiger partial charge in [-0.15, -0.1) is 0 Å². The number of hydrogen-bond donors (Lipinski definition) is 1. The molecule has 0 radical (unpaired) electrons. The Morgan fingerprint density at radius 2 is 2.00 bits per heavy atom. The molecule has 3 saturated heterocycles. The van der Waals surface area contributed by atoms with Crippen LogP contribution in [0, 0.1) is 0 Å². The molecule has 3 aliphatic heterocycles. The molecule has 2 unspecified atom stereocenters. The minimum atomic E-state index is -0.674. The highest BCUT2D eigenvalue weighted by molar-refractivity contribution is 5.74. The maximum absolute atomic E-state index is 10.8. The minimum absolute atomic E-state index is 0.255. The normalized spacial score (nSPS) is 46.1. The van der Waals surface area contributed by atoms with E-state index in [9.17, 15) is 4.79 Å². The van der Waals surface area contributed by atoms with Crippen LogP contribution in [0.2, 0.25) is 0 Å². The van der Waals surface area contributed by atoms with Crippen LogP contribution in [-0.2, 0) is 4.79 Å². The number of aliphatic carboxylic acids is 1. The summed E-state index contributed by atoms with van der Waals surface area (Å²) in [5.41, 5.74) is 0. The summed E-state index contributed by atoms with van der Waals surface area (Å²) in [4.78, 5) is 15.1. The number of fused-ring (bicyclic) bond motifs is 3. The lowest BCUT2D eigenvalue weighted by Crippen LogP contribution is -2.66. The van der Waals surface area contributed by atoms with Crippen LogP contribution in [0.5, 0.6) is 0 Å². The Hall–Kier alpha value is -0.610. The molecular formula is C8H14N2O2. The summed E-state index contributed by atoms with van der Waals surface area (Å²) in [6.45, 7) is 5.73. The Morgan fingerprint density at radius 1 is 1.33 bits per heavy atom. The number of carboxylic acids is 1. The SMILES string of the molecule is C[C@@H]1CN2CCN1C[C@@H]2C(=O)O. The van der Waals surface area contributed by atoms with Gasteiger partial charge < -0.3 is 5.11 Å². The van der Waals surface area contributed by atoms with Crippen molar-refractivity contribution in [3.05, 3.63) is 0 Å². The fourth-order valence-corrected chi connectivity index (χ4v) is 2.15. The summed E-state index contributed by atoms with van der Waals surface area (Å²) in [6.07, 6.45) is 0. The first kappa shape index (κ1) is 8.01. The zero-order valence-corrected chi connectivity index (χ0v) is 7.23. The van der Waals surface area contributed by atoms with Gasteiger partial charge in [0.1, 0.15) is 6.04 Å². The third-order valence-electron chi connectivity index (χ3n) is 2.93. The number of hydrogen-bond acceptors (Lipinski definition) is 3. The van der Waals surface area contributed by atoms with Crippen molar-refractivity contribution >= 4 is 5.97 Å². The third kappa shape index (κ3) is 1.11. The Labute approximate surface area is 71.8 Å². The number of carbonyl (C=O) groups is 1. The molecular weight excluding hydrogens is 156 g/mol. The van der Waals surface area contributed by atoms with Crippen LogP contribution in [0.3, 0.4) is 0 Å². The molecule has 0 aromatic rings. The van der Waals surface area contributed by atoms with Crippen molar-refractivity contribution < 1.29 is 9.90 Å². The van der Waals surface area contributed by atoms with Crippen LogP contribution >= 0.6 is 0 Å². The van der Waals surface area contributed by atoms with Gasteiger partial charge in [-0.3, -0.25) is 14.6 Å². The van der Waals surface area contributed by atoms with Gasteiger partial charge in [0.25, 0.3) is 0 Å². The molecule has 4 heteroatoms. The topological polar surface area (TPSA) is 43.8 Å². The molecule has 0 spiro atoms. The van der Waals surface area contributed by atoms with Crippen molar-refractivity contribution in [2.75, 3.05) is 26.2 Å². The van der Waals surface area contributed by atoms with E-state index in [-0.39, 0.29) is 6.04 Å². The lowest BCUT2D eigenvalue weighted by molar-refractivity contribution is -0.150. The van der Waals surface area contributed by atoms with E-state index in [1.807, 2.05) is 0 Å². The number of piperazine rings is 3. The second-order valence-corrected chi connectivity index (χ2v) is 3.69. The van der Waals surface area contributed by atoms with Crippen molar-refractivity contribution in [3.8, 4) is 0 Å². The zero-order valence-electron chi connectivity index (χ0n) is 7.23. The van der Waals surface area contributed by atoms with E-state index in [0.29, 0.717) is 12.6 Å². The third-order valence-corrected chi connectivity index (χ3v) is 2.93. The molecule has 0 aromatic carbocycles. The van der Waals surface area contributed by atoms with E-state index in [1.54, 1.807) is 0 Å². The van der Waals surface area contributed by atoms with Crippen molar-refractivity contribution in [1.82, 2.24) is 9.80 Å². The highest BCUT2D eigenvalue weighted by Gasteiger charge is 2.39. The Bertz CT molecular complexity index is 207. The summed E-state index contributed by atoms with van der Waals surface area (Å²) < 4.78 is 0. The van der Waals surface area contributed by atoms with Gasteiger partial charge >= 0.3 is 5.97 Å². The van der Waals surface area contributed by atoms with Gasteiger partial charge in [0.05, 0.1) is 0 Å². The maximum Gasteiger partial charge on any atom is 0.322 e. The average molecular weight is 170 g/mol. The lowest BCUT2D eigenvalue weighted by Gasteiger charge is -2.49. The monoisotopic (exact) mass is 170 g/mol. The largest absolute Gasteiger partial charge is 0.480 e. The highest BCUT2D eigenvalue weighted by Crippen LogP contribution is 2.20. The molecule has 1 N–H and O–H groups in total. The van der Waals surface area contributed by atoms with Crippen molar-refractivity contribution in [3.63, 3.8) is 0 Å². The van der Waals surface area contributed by atoms with Crippen LogP contribution < -0.4 is 0 Å². The fourth-order valence-electron chi connectivity index (χ4n) is 2.15. The predicted molar refractivity (Wildman–Crippen MR) is 44.0 cm³/mol. The molecule has 3 fully saturated rings. The zero-order chi connectivity index (χ0) is 8.72. The van der Waals surface area contributed by atoms with Crippen LogP contribution in [0.15, 0.2) is 0 Å². The quantitative estimate of drug-likeness (QED) is 0.574. The molecule has 12 heavy (non-hydrogen) atoms. The average Bonchev–Trinajstić information content (AvgIpc) is 2.04. The van der Waals surface area contributed by atoms with Crippen molar-refractivity contribution in [2.45, 2.75) is 19.0 Å². The molecule has 3 aliphatic rings. The Morgan fingerprint density at radius 3 is 2.42 bits per heavy atom. The summed E-state index contributed by atoms with van der Waals surface area (Å²) in [5.74, 6) is -0.674. The van der Waals surface area contributed by atoms with Gasteiger partial charge in [-0.05, 0) is 6.92 Å². The summed E-state index contributed by atoms with van der Waals surface area (Å²) >= 11 is 0. The summed E-state index contributed by atoms with van der Waals surface area (Å²) in [7, 11) is 0. The summed E-state index contributed by atoms with van der Waals surface area (Å²) in [6, 6.07) is 0.282. The van der Waals surface area contributed by atoms with Crippen LogP contribution in [0.1, 0.15) is 6.92 Å². The van der Waals surface area contributed by atoms with Gasteiger partial charge in [-0.1, -0.05) is 0 Å². The van der Waals surface area contributed by atoms with E-state index in [2.05, 4.69) is 16.7 Å². The van der Waals surface area contributed by atoms with E-state index >= 15 is 0 Å². The second-order valence-electron chi connectivity index (χ2n) is 3.69. The maximum atomic E-state index is 10.8. The van der Waals surface area contributed by atoms with Gasteiger partial charge in [-0.25, -0.2) is 0 Å². The molecule has 4 atom stereocenters. The Kier molecular flexibility index (Phi) is 1.81. The molecule has 2 bridgehead atoms. The minimum Gasteiger partial charge on any atom is -0.480 e. The van der Waals surface area contributed by atoms with Crippen LogP contribution in [0.4, 0.5) is 0 Å². The fraction of sp³-hybridized carbons (Fsp3) is 0.875.